The number of likely N-dealkylation sites (N-methyl/N-ethyl adjacent to an activating group) is 1. The van der Waals surface area contributed by atoms with Crippen molar-refractivity contribution in [2.45, 2.75) is 82.1 Å². The summed E-state index contributed by atoms with van der Waals surface area (Å²) in [6.07, 6.45) is -7.91. The van der Waals surface area contributed by atoms with E-state index < -0.39 is 87.5 Å². The van der Waals surface area contributed by atoms with Crippen LogP contribution in [0.25, 0.3) is 11.2 Å². The van der Waals surface area contributed by atoms with Crippen molar-refractivity contribution in [2.24, 2.45) is 0 Å². The van der Waals surface area contributed by atoms with Gasteiger partial charge in [0.2, 0.25) is 16.3 Å². The van der Waals surface area contributed by atoms with Crippen molar-refractivity contribution in [3.05, 3.63) is 11.6 Å². The van der Waals surface area contributed by atoms with E-state index in [9.17, 15) is 38.9 Å². The smallest absolute Gasteiger partial charge is 0.432 e. The molecule has 49 heavy (non-hydrogen) atoms. The Kier molecular flexibility index (Phi) is 12.3. The number of anilines is 1. The van der Waals surface area contributed by atoms with E-state index in [1.807, 2.05) is 0 Å². The summed E-state index contributed by atoms with van der Waals surface area (Å²) >= 11 is 6.19. The Hall–Kier alpha value is -3.36. The van der Waals surface area contributed by atoms with Crippen LogP contribution in [0.3, 0.4) is 0 Å². The van der Waals surface area contributed by atoms with E-state index in [0.717, 1.165) is 18.4 Å². The van der Waals surface area contributed by atoms with Gasteiger partial charge in [-0.3, -0.25) is 13.9 Å². The van der Waals surface area contributed by atoms with E-state index in [0.29, 0.717) is 19.0 Å². The molecule has 2 fully saturated rings. The molecule has 22 heteroatoms. The van der Waals surface area contributed by atoms with Gasteiger partial charge in [-0.15, -0.1) is 0 Å². The number of hydrogen-bond acceptors (Lipinski definition) is 16. The standard InChI is InChI=1S/C27H40ClN6O14P/c1-13(2)46-25(38)44-10-27(49(40,41)42,11-45-26(39)47-14(3)4)23(37)33(5)8-16-18(35)19(36)22(48-16)34-12-29-17-20(30-15-6-7-43-9-15)31-24(28)32-21(17)34/h12-16,18-19,22,35-36H,6-11H2,1-5H3,(H,30,31,32)(H2,40,41,42)/t15-,16+,18+,19+,22+/m0/s1. The van der Waals surface area contributed by atoms with Gasteiger partial charge in [0.1, 0.15) is 31.5 Å². The van der Waals surface area contributed by atoms with Crippen molar-refractivity contribution in [3.8, 4) is 0 Å². The fourth-order valence-electron chi connectivity index (χ4n) is 5.10. The maximum Gasteiger partial charge on any atom is 0.508 e. The van der Waals surface area contributed by atoms with Crippen molar-refractivity contribution in [1.29, 1.82) is 0 Å². The van der Waals surface area contributed by atoms with Gasteiger partial charge in [0.15, 0.2) is 23.2 Å². The summed E-state index contributed by atoms with van der Waals surface area (Å²) in [5.74, 6) is -1.05. The second-order valence-corrected chi connectivity index (χ2v) is 14.4. The predicted octanol–water partition coefficient (Wildman–Crippen LogP) is 0.798. The number of carbonyl (C=O) groups excluding carboxylic acids is 3. The molecule has 2 aliphatic heterocycles. The number of aromatic nitrogens is 4. The summed E-state index contributed by atoms with van der Waals surface area (Å²) in [5.41, 5.74) is 0.440. The molecule has 2 aromatic heterocycles. The van der Waals surface area contributed by atoms with Gasteiger partial charge in [0, 0.05) is 20.2 Å². The van der Waals surface area contributed by atoms with Crippen LogP contribution in [0.15, 0.2) is 6.33 Å². The number of carbonyl (C=O) groups is 3. The lowest BCUT2D eigenvalue weighted by Crippen LogP contribution is -2.56. The SMILES string of the molecule is CC(C)OC(=O)OCC(COC(=O)OC(C)C)(C(=O)N(C)C[C@H]1O[C@@H](n2cnc3c(N[C@H]4CCOC4)nc(Cl)nc32)[C@H](O)[C@@H]1O)P(=O)(O)O. The highest BCUT2D eigenvalue weighted by atomic mass is 35.5. The van der Waals surface area contributed by atoms with Crippen molar-refractivity contribution < 1.29 is 67.4 Å². The Morgan fingerprint density at radius 1 is 1.10 bits per heavy atom. The van der Waals surface area contributed by atoms with Crippen LogP contribution >= 0.6 is 19.2 Å². The Labute approximate surface area is 285 Å². The summed E-state index contributed by atoms with van der Waals surface area (Å²) < 4.78 is 45.1. The van der Waals surface area contributed by atoms with Crippen LogP contribution in [0, 0.1) is 0 Å². The third kappa shape index (κ3) is 8.87. The first kappa shape index (κ1) is 38.4. The molecule has 0 unspecified atom stereocenters. The van der Waals surface area contributed by atoms with E-state index in [4.69, 9.17) is 40.0 Å². The van der Waals surface area contributed by atoms with Crippen LogP contribution in [0.4, 0.5) is 15.4 Å². The third-order valence-corrected chi connectivity index (χ3v) is 9.29. The second kappa shape index (κ2) is 15.7. The molecule has 2 aliphatic rings. The van der Waals surface area contributed by atoms with Gasteiger partial charge in [-0.25, -0.2) is 14.6 Å². The Balaban J connectivity index is 1.57. The number of fused-ring (bicyclic) bond motifs is 1. The molecule has 0 saturated carbocycles. The molecule has 0 radical (unpaired) electrons. The largest absolute Gasteiger partial charge is 0.508 e. The molecule has 0 aromatic carbocycles. The van der Waals surface area contributed by atoms with E-state index in [1.165, 1.54) is 38.6 Å². The van der Waals surface area contributed by atoms with Gasteiger partial charge in [-0.2, -0.15) is 9.97 Å². The lowest BCUT2D eigenvalue weighted by atomic mass is 10.1. The first-order valence-corrected chi connectivity index (χ1v) is 17.2. The summed E-state index contributed by atoms with van der Waals surface area (Å²) in [6.45, 7) is 3.88. The highest BCUT2D eigenvalue weighted by Gasteiger charge is 2.58. The molecule has 0 aliphatic carbocycles. The number of hydrogen-bond donors (Lipinski definition) is 5. The number of aliphatic hydroxyl groups excluding tert-OH is 2. The first-order chi connectivity index (χ1) is 22.9. The van der Waals surface area contributed by atoms with Crippen LogP contribution in [0.1, 0.15) is 40.3 Å². The summed E-state index contributed by atoms with van der Waals surface area (Å²) in [5, 5.41) is 22.0. The summed E-state index contributed by atoms with van der Waals surface area (Å²) in [7, 11) is -4.52. The number of nitrogens with zero attached hydrogens (tertiary/aromatic N) is 5. The van der Waals surface area contributed by atoms with E-state index in [-0.39, 0.29) is 22.5 Å². The molecule has 1 amide bonds. The lowest BCUT2D eigenvalue weighted by Gasteiger charge is -2.35. The summed E-state index contributed by atoms with van der Waals surface area (Å²) in [4.78, 5) is 72.6. The van der Waals surface area contributed by atoms with Crippen LogP contribution in [0.2, 0.25) is 5.28 Å². The van der Waals surface area contributed by atoms with Crippen LogP contribution in [-0.2, 0) is 37.8 Å². The number of aliphatic hydroxyl groups is 2. The molecule has 0 bridgehead atoms. The minimum atomic E-state index is -5.63. The molecule has 5 atom stereocenters. The first-order valence-electron chi connectivity index (χ1n) is 15.2. The normalized spacial score (nSPS) is 22.8. The molecular weight excluding hydrogens is 699 g/mol. The molecular formula is C27H40ClN6O14P. The lowest BCUT2D eigenvalue weighted by molar-refractivity contribution is -0.139. The number of rotatable bonds is 13. The molecule has 274 valence electrons. The third-order valence-electron chi connectivity index (χ3n) is 7.55. The summed E-state index contributed by atoms with van der Waals surface area (Å²) in [6, 6.07) is -0.0512. The highest BCUT2D eigenvalue weighted by Crippen LogP contribution is 2.52. The number of amides is 1. The van der Waals surface area contributed by atoms with Crippen LogP contribution < -0.4 is 5.32 Å². The van der Waals surface area contributed by atoms with Gasteiger partial charge in [-0.1, -0.05) is 0 Å². The number of imidazole rings is 1. The van der Waals surface area contributed by atoms with E-state index in [2.05, 4.69) is 20.3 Å². The quantitative estimate of drug-likeness (QED) is 0.108. The van der Waals surface area contributed by atoms with Gasteiger partial charge in [-0.05, 0) is 45.7 Å². The highest BCUT2D eigenvalue weighted by molar-refractivity contribution is 7.55. The second-order valence-electron chi connectivity index (χ2n) is 12.1. The number of nitrogens with one attached hydrogen (secondary N) is 1. The maximum atomic E-state index is 13.9. The van der Waals surface area contributed by atoms with Crippen molar-refractivity contribution in [3.63, 3.8) is 0 Å². The molecule has 4 rings (SSSR count). The molecule has 4 heterocycles. The van der Waals surface area contributed by atoms with Crippen LogP contribution in [-0.4, -0.2) is 144 Å². The zero-order valence-electron chi connectivity index (χ0n) is 27.3. The average Bonchev–Trinajstić information content (AvgIpc) is 3.72. The van der Waals surface area contributed by atoms with Gasteiger partial charge in [0.25, 0.3) is 0 Å². The Morgan fingerprint density at radius 3 is 2.24 bits per heavy atom. The van der Waals surface area contributed by atoms with Gasteiger partial charge >= 0.3 is 19.9 Å². The zero-order valence-corrected chi connectivity index (χ0v) is 28.9. The fraction of sp³-hybridized carbons (Fsp3) is 0.704. The zero-order chi connectivity index (χ0) is 36.3. The van der Waals surface area contributed by atoms with E-state index in [1.54, 1.807) is 0 Å². The Morgan fingerprint density at radius 2 is 1.71 bits per heavy atom. The Bertz CT molecular complexity index is 1520. The average molecular weight is 739 g/mol. The van der Waals surface area contributed by atoms with Crippen molar-refractivity contribution in [2.75, 3.05) is 45.3 Å². The van der Waals surface area contributed by atoms with Gasteiger partial charge < -0.3 is 58.6 Å². The molecule has 2 saturated heterocycles. The fourth-order valence-corrected chi connectivity index (χ4v) is 6.15. The molecule has 5 N–H and O–H groups in total. The topological polar surface area (TPSA) is 263 Å². The molecule has 20 nitrogen and oxygen atoms in total. The minimum absolute atomic E-state index is 0.0512. The monoisotopic (exact) mass is 738 g/mol. The minimum Gasteiger partial charge on any atom is -0.432 e. The van der Waals surface area contributed by atoms with Gasteiger partial charge in [0.05, 0.1) is 31.2 Å². The maximum absolute atomic E-state index is 13.9. The van der Waals surface area contributed by atoms with Crippen molar-refractivity contribution in [1.82, 2.24) is 24.4 Å². The molecule has 2 aromatic rings. The molecule has 0 spiro atoms. The van der Waals surface area contributed by atoms with Crippen molar-refractivity contribution >= 4 is 54.4 Å². The predicted molar refractivity (Wildman–Crippen MR) is 167 cm³/mol. The van der Waals surface area contributed by atoms with E-state index >= 15 is 0 Å². The number of halogens is 1. The van der Waals surface area contributed by atoms with Crippen LogP contribution in [0.5, 0.6) is 0 Å². The number of ether oxygens (including phenoxy) is 6.